The molecule has 8 heteroatoms. The Morgan fingerprint density at radius 1 is 1.07 bits per heavy atom. The van der Waals surface area contributed by atoms with Gasteiger partial charge >= 0.3 is 5.97 Å². The topological polar surface area (TPSA) is 90.4 Å². The molecule has 3 aromatic rings. The summed E-state index contributed by atoms with van der Waals surface area (Å²) in [5.41, 5.74) is 1.14. The Bertz CT molecular complexity index is 942. The van der Waals surface area contributed by atoms with Gasteiger partial charge in [0.1, 0.15) is 11.5 Å². The maximum absolute atomic E-state index is 12.3. The Balaban J connectivity index is 1.55. The minimum absolute atomic E-state index is 0.324. The first kappa shape index (κ1) is 19.5. The lowest BCUT2D eigenvalue weighted by atomic mass is 10.2. The lowest BCUT2D eigenvalue weighted by Crippen LogP contribution is -2.30. The molecular formula is C20H19N3O4S. The first-order chi connectivity index (χ1) is 13.6. The second-order valence-corrected chi connectivity index (χ2v) is 6.63. The molecule has 28 heavy (non-hydrogen) atoms. The molecule has 0 aliphatic heterocycles. The van der Waals surface area contributed by atoms with E-state index in [2.05, 4.69) is 14.9 Å². The van der Waals surface area contributed by atoms with Gasteiger partial charge in [0.25, 0.3) is 5.91 Å². The number of nitrogens with zero attached hydrogens (tertiary/aromatic N) is 2. The van der Waals surface area contributed by atoms with Crippen LogP contribution in [0.15, 0.2) is 54.6 Å². The van der Waals surface area contributed by atoms with Gasteiger partial charge in [-0.25, -0.2) is 4.79 Å². The second kappa shape index (κ2) is 9.09. The Labute approximate surface area is 166 Å². The molecule has 0 aliphatic rings. The average Bonchev–Trinajstić information content (AvgIpc) is 3.19. The number of esters is 1. The van der Waals surface area contributed by atoms with E-state index in [-0.39, 0.29) is 0 Å². The van der Waals surface area contributed by atoms with Crippen molar-refractivity contribution >= 4 is 29.1 Å². The number of hydrogen-bond acceptors (Lipinski definition) is 7. The highest BCUT2D eigenvalue weighted by molar-refractivity contribution is 7.07. The summed E-state index contributed by atoms with van der Waals surface area (Å²) >= 11 is 0.961. The van der Waals surface area contributed by atoms with Crippen LogP contribution in [0.25, 0.3) is 0 Å². The quantitative estimate of drug-likeness (QED) is 0.604. The highest BCUT2D eigenvalue weighted by atomic mass is 32.1. The van der Waals surface area contributed by atoms with Gasteiger partial charge in [-0.1, -0.05) is 29.6 Å². The number of carbonyl (C=O) groups excluding carboxylic acids is 2. The van der Waals surface area contributed by atoms with E-state index in [1.54, 1.807) is 24.3 Å². The first-order valence-electron chi connectivity index (χ1n) is 8.73. The summed E-state index contributed by atoms with van der Waals surface area (Å²) in [4.78, 5) is 24.8. The maximum Gasteiger partial charge on any atom is 0.352 e. The van der Waals surface area contributed by atoms with Gasteiger partial charge in [-0.3, -0.25) is 4.79 Å². The van der Waals surface area contributed by atoms with Crippen molar-refractivity contribution in [1.29, 1.82) is 0 Å². The molecule has 0 spiro atoms. The predicted molar refractivity (Wildman–Crippen MR) is 106 cm³/mol. The van der Waals surface area contributed by atoms with E-state index in [0.717, 1.165) is 17.3 Å². The molecule has 0 fully saturated rings. The molecule has 2 aromatic carbocycles. The maximum atomic E-state index is 12.3. The SMILES string of the molecule is CCc1nnsc1C(=O)O[C@@H](C)C(=O)Nc1ccc(Oc2ccccc2)cc1. The van der Waals surface area contributed by atoms with Crippen LogP contribution in [-0.4, -0.2) is 27.6 Å². The fourth-order valence-corrected chi connectivity index (χ4v) is 2.97. The molecule has 1 heterocycles. The van der Waals surface area contributed by atoms with E-state index in [4.69, 9.17) is 9.47 Å². The number of anilines is 1. The van der Waals surface area contributed by atoms with Crippen molar-refractivity contribution in [2.24, 2.45) is 0 Å². The Morgan fingerprint density at radius 2 is 1.75 bits per heavy atom. The molecule has 0 bridgehead atoms. The minimum atomic E-state index is -0.959. The molecule has 3 rings (SSSR count). The molecule has 1 N–H and O–H groups in total. The monoisotopic (exact) mass is 397 g/mol. The molecule has 0 aliphatic carbocycles. The number of para-hydroxylation sites is 1. The number of aromatic nitrogens is 2. The summed E-state index contributed by atoms with van der Waals surface area (Å²) in [6.45, 7) is 3.38. The minimum Gasteiger partial charge on any atom is -0.457 e. The van der Waals surface area contributed by atoms with Gasteiger partial charge < -0.3 is 14.8 Å². The van der Waals surface area contributed by atoms with Crippen molar-refractivity contribution in [2.75, 3.05) is 5.32 Å². The lowest BCUT2D eigenvalue weighted by Gasteiger charge is -2.13. The zero-order valence-electron chi connectivity index (χ0n) is 15.4. The number of amides is 1. The number of carbonyl (C=O) groups is 2. The van der Waals surface area contributed by atoms with Crippen molar-refractivity contribution < 1.29 is 19.1 Å². The normalized spacial score (nSPS) is 11.5. The van der Waals surface area contributed by atoms with Crippen molar-refractivity contribution in [3.8, 4) is 11.5 Å². The average molecular weight is 397 g/mol. The summed E-state index contributed by atoms with van der Waals surface area (Å²) in [6.07, 6.45) is -0.390. The van der Waals surface area contributed by atoms with E-state index in [0.29, 0.717) is 28.4 Å². The molecule has 1 aromatic heterocycles. The molecular weight excluding hydrogens is 378 g/mol. The third-order valence-electron chi connectivity index (χ3n) is 3.83. The van der Waals surface area contributed by atoms with E-state index in [1.165, 1.54) is 6.92 Å². The van der Waals surface area contributed by atoms with E-state index in [9.17, 15) is 9.59 Å². The van der Waals surface area contributed by atoms with Crippen LogP contribution in [0.2, 0.25) is 0 Å². The van der Waals surface area contributed by atoms with Crippen LogP contribution in [0.1, 0.15) is 29.2 Å². The van der Waals surface area contributed by atoms with Gasteiger partial charge in [0.15, 0.2) is 11.0 Å². The standard InChI is InChI=1S/C20H19N3O4S/c1-3-17-18(28-23-22-17)20(25)26-13(2)19(24)21-14-9-11-16(12-10-14)27-15-7-5-4-6-8-15/h4-13H,3H2,1-2H3,(H,21,24)/t13-/m0/s1. The van der Waals surface area contributed by atoms with Crippen molar-refractivity contribution in [3.05, 3.63) is 65.2 Å². The highest BCUT2D eigenvalue weighted by Gasteiger charge is 2.23. The summed E-state index contributed by atoms with van der Waals surface area (Å²) in [5.74, 6) is 0.346. The fraction of sp³-hybridized carbons (Fsp3) is 0.200. The third-order valence-corrected chi connectivity index (χ3v) is 4.58. The molecule has 0 saturated heterocycles. The number of rotatable bonds is 7. The summed E-state index contributed by atoms with van der Waals surface area (Å²) in [7, 11) is 0. The third kappa shape index (κ3) is 4.92. The van der Waals surface area contributed by atoms with Gasteiger partial charge in [-0.15, -0.1) is 5.10 Å². The smallest absolute Gasteiger partial charge is 0.352 e. The Morgan fingerprint density at radius 3 is 2.43 bits per heavy atom. The highest BCUT2D eigenvalue weighted by Crippen LogP contribution is 2.23. The zero-order chi connectivity index (χ0) is 19.9. The van der Waals surface area contributed by atoms with Crippen molar-refractivity contribution in [1.82, 2.24) is 9.59 Å². The lowest BCUT2D eigenvalue weighted by molar-refractivity contribution is -0.123. The van der Waals surface area contributed by atoms with E-state index in [1.807, 2.05) is 37.3 Å². The van der Waals surface area contributed by atoms with Gasteiger partial charge in [0, 0.05) is 5.69 Å². The molecule has 0 saturated carbocycles. The van der Waals surface area contributed by atoms with Crippen LogP contribution in [0.4, 0.5) is 5.69 Å². The van der Waals surface area contributed by atoms with Crippen LogP contribution in [0, 0.1) is 0 Å². The fourth-order valence-electron chi connectivity index (χ4n) is 2.34. The number of ether oxygens (including phenoxy) is 2. The van der Waals surface area contributed by atoms with Gasteiger partial charge in [0.2, 0.25) is 0 Å². The van der Waals surface area contributed by atoms with Crippen LogP contribution in [0.5, 0.6) is 11.5 Å². The summed E-state index contributed by atoms with van der Waals surface area (Å²) in [5, 5.41) is 6.58. The molecule has 144 valence electrons. The molecule has 1 amide bonds. The Hall–Kier alpha value is -3.26. The van der Waals surface area contributed by atoms with Crippen LogP contribution in [-0.2, 0) is 16.0 Å². The van der Waals surface area contributed by atoms with Crippen molar-refractivity contribution in [3.63, 3.8) is 0 Å². The van der Waals surface area contributed by atoms with Crippen molar-refractivity contribution in [2.45, 2.75) is 26.4 Å². The van der Waals surface area contributed by atoms with Gasteiger partial charge in [-0.05, 0) is 61.3 Å². The summed E-state index contributed by atoms with van der Waals surface area (Å²) in [6, 6.07) is 16.3. The van der Waals surface area contributed by atoms with E-state index >= 15 is 0 Å². The predicted octanol–water partition coefficient (Wildman–Crippen LogP) is 4.08. The largest absolute Gasteiger partial charge is 0.457 e. The first-order valence-corrected chi connectivity index (χ1v) is 9.50. The van der Waals surface area contributed by atoms with Crippen LogP contribution in [0.3, 0.4) is 0 Å². The van der Waals surface area contributed by atoms with E-state index < -0.39 is 18.0 Å². The number of nitrogens with one attached hydrogen (secondary N) is 1. The number of benzene rings is 2. The zero-order valence-corrected chi connectivity index (χ0v) is 16.2. The molecule has 7 nitrogen and oxygen atoms in total. The van der Waals surface area contributed by atoms with Gasteiger partial charge in [0.05, 0.1) is 5.69 Å². The summed E-state index contributed by atoms with van der Waals surface area (Å²) < 4.78 is 14.7. The second-order valence-electron chi connectivity index (χ2n) is 5.88. The van der Waals surface area contributed by atoms with Gasteiger partial charge in [-0.2, -0.15) is 0 Å². The van der Waals surface area contributed by atoms with Crippen LogP contribution >= 0.6 is 11.5 Å². The molecule has 0 radical (unpaired) electrons. The number of hydrogen-bond donors (Lipinski definition) is 1. The van der Waals surface area contributed by atoms with Crippen LogP contribution < -0.4 is 10.1 Å². The number of aryl methyl sites for hydroxylation is 1. The molecule has 1 atom stereocenters. The Kier molecular flexibility index (Phi) is 6.33. The molecule has 0 unspecified atom stereocenters.